The number of carbonyl (C=O) groups excluding carboxylic acids is 1. The van der Waals surface area contributed by atoms with Gasteiger partial charge in [0.15, 0.2) is 0 Å². The smallest absolute Gasteiger partial charge is 0.222 e. The van der Waals surface area contributed by atoms with E-state index in [-0.39, 0.29) is 0 Å². The molecule has 0 unspecified atom stereocenters. The van der Waals surface area contributed by atoms with E-state index >= 15 is 0 Å². The molecule has 2 saturated heterocycles. The molecule has 2 aliphatic heterocycles. The van der Waals surface area contributed by atoms with Gasteiger partial charge >= 0.3 is 0 Å². The van der Waals surface area contributed by atoms with E-state index in [0.29, 0.717) is 18.4 Å². The van der Waals surface area contributed by atoms with E-state index < -0.39 is 0 Å². The number of hydrogen-bond donors (Lipinski definition) is 1. The molecular weight excluding hydrogens is 250 g/mol. The first-order chi connectivity index (χ1) is 9.66. The average Bonchev–Trinajstić information content (AvgIpc) is 2.97. The third kappa shape index (κ3) is 4.74. The number of carbonyl (C=O) groups is 1. The van der Waals surface area contributed by atoms with E-state index in [1.54, 1.807) is 0 Å². The lowest BCUT2D eigenvalue weighted by atomic mass is 10.0. The number of rotatable bonds is 6. The van der Waals surface area contributed by atoms with Crippen molar-refractivity contribution in [2.45, 2.75) is 64.5 Å². The minimum atomic E-state index is 0.357. The topological polar surface area (TPSA) is 35.6 Å². The summed E-state index contributed by atoms with van der Waals surface area (Å²) in [7, 11) is 0. The minimum Gasteiger partial charge on any atom is -0.343 e. The molecule has 0 atom stereocenters. The van der Waals surface area contributed by atoms with Crippen molar-refractivity contribution in [3.8, 4) is 0 Å². The van der Waals surface area contributed by atoms with Gasteiger partial charge in [-0.3, -0.25) is 4.79 Å². The Kier molecular flexibility index (Phi) is 6.30. The highest BCUT2D eigenvalue weighted by Crippen LogP contribution is 2.21. The van der Waals surface area contributed by atoms with Crippen LogP contribution in [0.3, 0.4) is 0 Å². The van der Waals surface area contributed by atoms with Crippen molar-refractivity contribution < 1.29 is 4.79 Å². The van der Waals surface area contributed by atoms with Crippen molar-refractivity contribution >= 4 is 5.91 Å². The van der Waals surface area contributed by atoms with Gasteiger partial charge in [0.25, 0.3) is 0 Å². The fourth-order valence-electron chi connectivity index (χ4n) is 3.38. The number of nitrogens with one attached hydrogen (secondary N) is 1. The monoisotopic (exact) mass is 281 g/mol. The maximum atomic E-state index is 12.2. The summed E-state index contributed by atoms with van der Waals surface area (Å²) in [6.07, 6.45) is 6.74. The zero-order chi connectivity index (χ0) is 14.4. The maximum absolute atomic E-state index is 12.2. The SMILES string of the molecule is CC(C)NCCCC(=O)N1CCC(N2CCCC2)CC1. The molecule has 1 amide bonds. The summed E-state index contributed by atoms with van der Waals surface area (Å²) in [6.45, 7) is 9.73. The molecule has 0 aromatic carbocycles. The Morgan fingerprint density at radius 3 is 2.40 bits per heavy atom. The molecule has 0 radical (unpaired) electrons. The Morgan fingerprint density at radius 2 is 1.80 bits per heavy atom. The first-order valence-corrected chi connectivity index (χ1v) is 8.42. The molecular formula is C16H31N3O. The number of likely N-dealkylation sites (tertiary alicyclic amines) is 2. The van der Waals surface area contributed by atoms with Crippen molar-refractivity contribution in [3.05, 3.63) is 0 Å². The molecule has 2 fully saturated rings. The van der Waals surface area contributed by atoms with Crippen LogP contribution >= 0.6 is 0 Å². The minimum absolute atomic E-state index is 0.357. The second kappa shape index (κ2) is 7.99. The predicted octanol–water partition coefficient (Wildman–Crippen LogP) is 1.85. The van der Waals surface area contributed by atoms with E-state index in [0.717, 1.165) is 32.1 Å². The number of hydrogen-bond acceptors (Lipinski definition) is 3. The number of piperidine rings is 1. The van der Waals surface area contributed by atoms with Crippen LogP contribution in [0.25, 0.3) is 0 Å². The summed E-state index contributed by atoms with van der Waals surface area (Å²) in [5.41, 5.74) is 0. The predicted molar refractivity (Wildman–Crippen MR) is 82.8 cm³/mol. The van der Waals surface area contributed by atoms with Crippen LogP contribution in [-0.4, -0.2) is 60.5 Å². The van der Waals surface area contributed by atoms with Gasteiger partial charge in [-0.2, -0.15) is 0 Å². The normalized spacial score (nSPS) is 21.9. The van der Waals surface area contributed by atoms with E-state index in [1.165, 1.54) is 38.8 Å². The van der Waals surface area contributed by atoms with Crippen LogP contribution in [0.1, 0.15) is 52.4 Å². The van der Waals surface area contributed by atoms with Crippen LogP contribution in [0.15, 0.2) is 0 Å². The van der Waals surface area contributed by atoms with Crippen LogP contribution in [0, 0.1) is 0 Å². The van der Waals surface area contributed by atoms with E-state index in [1.807, 2.05) is 0 Å². The zero-order valence-electron chi connectivity index (χ0n) is 13.2. The Morgan fingerprint density at radius 1 is 1.15 bits per heavy atom. The van der Waals surface area contributed by atoms with Crippen molar-refractivity contribution in [2.75, 3.05) is 32.7 Å². The molecule has 0 aromatic heterocycles. The zero-order valence-corrected chi connectivity index (χ0v) is 13.2. The van der Waals surface area contributed by atoms with Crippen molar-refractivity contribution in [2.24, 2.45) is 0 Å². The van der Waals surface area contributed by atoms with Gasteiger partial charge in [0.1, 0.15) is 0 Å². The van der Waals surface area contributed by atoms with Gasteiger partial charge < -0.3 is 15.1 Å². The Bertz CT molecular complexity index is 292. The van der Waals surface area contributed by atoms with Crippen molar-refractivity contribution in [3.63, 3.8) is 0 Å². The fraction of sp³-hybridized carbons (Fsp3) is 0.938. The Labute approximate surface area is 123 Å². The lowest BCUT2D eigenvalue weighted by molar-refractivity contribution is -0.132. The van der Waals surface area contributed by atoms with E-state index in [2.05, 4.69) is 29.0 Å². The standard InChI is InChI=1S/C16H31N3O/c1-14(2)17-9-5-6-16(20)19-12-7-15(8-13-19)18-10-3-4-11-18/h14-15,17H,3-13H2,1-2H3. The summed E-state index contributed by atoms with van der Waals surface area (Å²) >= 11 is 0. The van der Waals surface area contributed by atoms with Gasteiger partial charge in [-0.05, 0) is 51.7 Å². The Hall–Kier alpha value is -0.610. The van der Waals surface area contributed by atoms with Gasteiger partial charge in [0, 0.05) is 31.6 Å². The van der Waals surface area contributed by atoms with Crippen LogP contribution in [-0.2, 0) is 4.79 Å². The highest BCUT2D eigenvalue weighted by Gasteiger charge is 2.27. The lowest BCUT2D eigenvalue weighted by Gasteiger charge is -2.36. The molecule has 0 saturated carbocycles. The number of amides is 1. The highest BCUT2D eigenvalue weighted by molar-refractivity contribution is 5.76. The van der Waals surface area contributed by atoms with Crippen LogP contribution in [0.5, 0.6) is 0 Å². The van der Waals surface area contributed by atoms with E-state index in [9.17, 15) is 4.79 Å². The van der Waals surface area contributed by atoms with Crippen LogP contribution in [0.2, 0.25) is 0 Å². The highest BCUT2D eigenvalue weighted by atomic mass is 16.2. The quantitative estimate of drug-likeness (QED) is 0.755. The first kappa shape index (κ1) is 15.8. The lowest BCUT2D eigenvalue weighted by Crippen LogP contribution is -2.46. The molecule has 2 aliphatic rings. The molecule has 0 bridgehead atoms. The molecule has 4 nitrogen and oxygen atoms in total. The average molecular weight is 281 g/mol. The second-order valence-electron chi connectivity index (χ2n) is 6.57. The molecule has 0 aliphatic carbocycles. The summed E-state index contributed by atoms with van der Waals surface area (Å²) in [6, 6.07) is 1.26. The van der Waals surface area contributed by atoms with Gasteiger partial charge in [-0.15, -0.1) is 0 Å². The van der Waals surface area contributed by atoms with Gasteiger partial charge in [0.2, 0.25) is 5.91 Å². The van der Waals surface area contributed by atoms with Crippen LogP contribution in [0.4, 0.5) is 0 Å². The summed E-state index contributed by atoms with van der Waals surface area (Å²) < 4.78 is 0. The fourth-order valence-corrected chi connectivity index (χ4v) is 3.38. The maximum Gasteiger partial charge on any atom is 0.222 e. The third-order valence-electron chi connectivity index (χ3n) is 4.59. The summed E-state index contributed by atoms with van der Waals surface area (Å²) in [5.74, 6) is 0.357. The molecule has 0 spiro atoms. The summed E-state index contributed by atoms with van der Waals surface area (Å²) in [4.78, 5) is 16.9. The number of nitrogens with zero attached hydrogens (tertiary/aromatic N) is 2. The molecule has 0 aromatic rings. The van der Waals surface area contributed by atoms with Gasteiger partial charge in [-0.25, -0.2) is 0 Å². The van der Waals surface area contributed by atoms with Gasteiger partial charge in [0.05, 0.1) is 0 Å². The largest absolute Gasteiger partial charge is 0.343 e. The molecule has 2 heterocycles. The van der Waals surface area contributed by atoms with Crippen LogP contribution < -0.4 is 5.32 Å². The molecule has 20 heavy (non-hydrogen) atoms. The van der Waals surface area contributed by atoms with Gasteiger partial charge in [-0.1, -0.05) is 13.8 Å². The molecule has 116 valence electrons. The molecule has 1 N–H and O–H groups in total. The van der Waals surface area contributed by atoms with Crippen molar-refractivity contribution in [1.29, 1.82) is 0 Å². The molecule has 2 rings (SSSR count). The Balaban J connectivity index is 1.61. The third-order valence-corrected chi connectivity index (χ3v) is 4.59. The second-order valence-corrected chi connectivity index (χ2v) is 6.57. The van der Waals surface area contributed by atoms with E-state index in [4.69, 9.17) is 0 Å². The summed E-state index contributed by atoms with van der Waals surface area (Å²) in [5, 5.41) is 3.37. The first-order valence-electron chi connectivity index (χ1n) is 8.42. The van der Waals surface area contributed by atoms with Crippen molar-refractivity contribution in [1.82, 2.24) is 15.1 Å². The molecule has 4 heteroatoms.